The number of hydrogen-bond acceptors (Lipinski definition) is 4. The Morgan fingerprint density at radius 2 is 1.00 bits per heavy atom. The maximum absolute atomic E-state index is 13.6. The van der Waals surface area contributed by atoms with Crippen LogP contribution in [0.4, 0.5) is 13.2 Å². The molecule has 0 atom stereocenters. The van der Waals surface area contributed by atoms with Gasteiger partial charge in [0.15, 0.2) is 17.5 Å². The molecule has 0 spiro atoms. The van der Waals surface area contributed by atoms with Crippen LogP contribution in [0.2, 0.25) is 0 Å². The minimum absolute atomic E-state index is 0.502. The van der Waals surface area contributed by atoms with E-state index in [9.17, 15) is 13.2 Å². The zero-order chi connectivity index (χ0) is 41.2. The number of halogens is 3. The Balaban J connectivity index is 1.16. The minimum Gasteiger partial charge on any atom is -0.456 e. The van der Waals surface area contributed by atoms with Crippen molar-refractivity contribution < 1.29 is 17.6 Å². The smallest absolute Gasteiger partial charge is 0.416 e. The van der Waals surface area contributed by atoms with E-state index in [2.05, 4.69) is 65.2 Å². The molecule has 0 bridgehead atoms. The molecule has 0 saturated carbocycles. The molecule has 0 radical (unpaired) electrons. The molecule has 0 N–H and O–H groups in total. The van der Waals surface area contributed by atoms with Crippen LogP contribution in [0.15, 0.2) is 186 Å². The van der Waals surface area contributed by atoms with Crippen LogP contribution in [0.1, 0.15) is 11.1 Å². The first-order valence-electron chi connectivity index (χ1n) is 19.9. The van der Waals surface area contributed by atoms with Crippen LogP contribution >= 0.6 is 0 Å². The number of nitrogens with zero attached hydrogens (tertiary/aromatic N) is 4. The quantitative estimate of drug-likeness (QED) is 0.168. The van der Waals surface area contributed by atoms with Crippen LogP contribution in [-0.2, 0) is 6.18 Å². The summed E-state index contributed by atoms with van der Waals surface area (Å²) in [5, 5.41) is 4.04. The highest BCUT2D eigenvalue weighted by molar-refractivity contribution is 6.11. The lowest BCUT2D eigenvalue weighted by atomic mass is 9.97. The topological polar surface area (TPSA) is 56.7 Å². The normalized spacial score (nSPS) is 11.9. The number of fused-ring (bicyclic) bond motifs is 6. The second-order valence-electron chi connectivity index (χ2n) is 15.2. The lowest BCUT2D eigenvalue weighted by Crippen LogP contribution is -2.05. The van der Waals surface area contributed by atoms with Gasteiger partial charge >= 0.3 is 6.18 Å². The third-order valence-corrected chi connectivity index (χ3v) is 11.4. The molecule has 0 saturated heterocycles. The van der Waals surface area contributed by atoms with Gasteiger partial charge in [0.2, 0.25) is 0 Å². The highest BCUT2D eigenvalue weighted by atomic mass is 19.4. The van der Waals surface area contributed by atoms with Gasteiger partial charge in [-0.05, 0) is 95.4 Å². The SMILES string of the molecule is Cc1cc(C(F)(F)F)ccc1-c1ccc2c(c1)c1ccccc1n2-c1ccc(-c2ccc3oc4ccccc4c3c2)cc1-c1nc(-c2ccccc2)nc(-c2ccccc2)n1. The van der Waals surface area contributed by atoms with E-state index in [1.807, 2.05) is 103 Å². The molecule has 8 aromatic carbocycles. The van der Waals surface area contributed by atoms with Gasteiger partial charge in [0.25, 0.3) is 0 Å². The largest absolute Gasteiger partial charge is 0.456 e. The van der Waals surface area contributed by atoms with Crippen molar-refractivity contribution in [2.24, 2.45) is 0 Å². The van der Waals surface area contributed by atoms with E-state index < -0.39 is 11.7 Å². The van der Waals surface area contributed by atoms with E-state index in [0.717, 1.165) is 94.4 Å². The Bertz CT molecular complexity index is 3420. The fourth-order valence-electron chi connectivity index (χ4n) is 8.49. The van der Waals surface area contributed by atoms with Crippen LogP contribution < -0.4 is 0 Å². The van der Waals surface area contributed by atoms with Crippen molar-refractivity contribution in [3.8, 4) is 62.1 Å². The number of furan rings is 1. The second-order valence-corrected chi connectivity index (χ2v) is 15.2. The fraction of sp³-hybridized carbons (Fsp3) is 0.0377. The Morgan fingerprint density at radius 3 is 1.72 bits per heavy atom. The first-order chi connectivity index (χ1) is 29.8. The highest BCUT2D eigenvalue weighted by Crippen LogP contribution is 2.41. The van der Waals surface area contributed by atoms with Crippen LogP contribution in [0.3, 0.4) is 0 Å². The lowest BCUT2D eigenvalue weighted by Gasteiger charge is -2.16. The molecule has 5 nitrogen and oxygen atoms in total. The zero-order valence-corrected chi connectivity index (χ0v) is 32.7. The van der Waals surface area contributed by atoms with Crippen molar-refractivity contribution in [2.75, 3.05) is 0 Å². The third-order valence-electron chi connectivity index (χ3n) is 11.4. The van der Waals surface area contributed by atoms with Crippen molar-refractivity contribution in [1.82, 2.24) is 19.5 Å². The predicted molar refractivity (Wildman–Crippen MR) is 238 cm³/mol. The second kappa shape index (κ2) is 14.2. The molecule has 292 valence electrons. The van der Waals surface area contributed by atoms with Crippen LogP contribution in [0, 0.1) is 6.92 Å². The van der Waals surface area contributed by atoms with Gasteiger partial charge in [0, 0.05) is 38.2 Å². The van der Waals surface area contributed by atoms with E-state index in [1.54, 1.807) is 13.0 Å². The maximum Gasteiger partial charge on any atom is 0.416 e. The standard InChI is InChI=1S/C53H33F3N4O/c1-32-28-38(53(54,55)56)23-24-39(32)37-21-26-46-42(31-37)40-16-8-10-18-45(40)60(46)47-25-20-35(36-22-27-49-43(29-36)41-17-9-11-19-48(41)61-49)30-44(47)52-58-50(33-12-4-2-5-13-33)57-51(59-52)34-14-6-3-7-15-34/h2-31H,1H3. The number of aryl methyl sites for hydroxylation is 1. The third kappa shape index (κ3) is 6.31. The number of para-hydroxylation sites is 2. The summed E-state index contributed by atoms with van der Waals surface area (Å²) in [5.41, 5.74) is 10.3. The average Bonchev–Trinajstić information content (AvgIpc) is 3.84. The van der Waals surface area contributed by atoms with Crippen LogP contribution in [-0.4, -0.2) is 19.5 Å². The Morgan fingerprint density at radius 1 is 0.426 bits per heavy atom. The molecule has 11 rings (SSSR count). The molecule has 0 aliphatic carbocycles. The summed E-state index contributed by atoms with van der Waals surface area (Å²) in [4.78, 5) is 15.4. The molecular weight excluding hydrogens is 766 g/mol. The number of alkyl halides is 3. The summed E-state index contributed by atoms with van der Waals surface area (Å²) in [6, 6.07) is 58.8. The number of rotatable bonds is 6. The molecule has 3 aromatic heterocycles. The van der Waals surface area contributed by atoms with Crippen molar-refractivity contribution in [3.63, 3.8) is 0 Å². The summed E-state index contributed by atoms with van der Waals surface area (Å²) < 4.78 is 49.3. The van der Waals surface area contributed by atoms with Crippen LogP contribution in [0.25, 0.3) is 106 Å². The zero-order valence-electron chi connectivity index (χ0n) is 32.7. The van der Waals surface area contributed by atoms with E-state index in [1.165, 1.54) is 6.07 Å². The molecule has 0 amide bonds. The number of benzene rings is 8. The molecular formula is C53H33F3N4O. The van der Waals surface area contributed by atoms with Gasteiger partial charge in [-0.25, -0.2) is 15.0 Å². The summed E-state index contributed by atoms with van der Waals surface area (Å²) in [5.74, 6) is 1.60. The van der Waals surface area contributed by atoms with Crippen LogP contribution in [0.5, 0.6) is 0 Å². The Kier molecular flexibility index (Phi) is 8.42. The van der Waals surface area contributed by atoms with E-state index in [4.69, 9.17) is 19.4 Å². The van der Waals surface area contributed by atoms with Crippen molar-refractivity contribution >= 4 is 43.7 Å². The summed E-state index contributed by atoms with van der Waals surface area (Å²) in [7, 11) is 0. The maximum atomic E-state index is 13.6. The highest BCUT2D eigenvalue weighted by Gasteiger charge is 2.31. The molecule has 0 fully saturated rings. The summed E-state index contributed by atoms with van der Waals surface area (Å²) in [6.07, 6.45) is -4.42. The summed E-state index contributed by atoms with van der Waals surface area (Å²) >= 11 is 0. The number of hydrogen-bond donors (Lipinski definition) is 0. The predicted octanol–water partition coefficient (Wildman–Crippen LogP) is 14.5. The first-order valence-corrected chi connectivity index (χ1v) is 19.9. The number of aromatic nitrogens is 4. The monoisotopic (exact) mass is 798 g/mol. The average molecular weight is 799 g/mol. The van der Waals surface area contributed by atoms with E-state index >= 15 is 0 Å². The fourth-order valence-corrected chi connectivity index (χ4v) is 8.49. The molecule has 3 heterocycles. The molecule has 0 aliphatic rings. The van der Waals surface area contributed by atoms with Gasteiger partial charge in [-0.1, -0.05) is 121 Å². The first kappa shape index (κ1) is 36.3. The van der Waals surface area contributed by atoms with Crippen molar-refractivity contribution in [1.29, 1.82) is 0 Å². The molecule has 8 heteroatoms. The van der Waals surface area contributed by atoms with Gasteiger partial charge in [-0.2, -0.15) is 13.2 Å². The summed E-state index contributed by atoms with van der Waals surface area (Å²) in [6.45, 7) is 1.72. The van der Waals surface area contributed by atoms with Gasteiger partial charge < -0.3 is 8.98 Å². The van der Waals surface area contributed by atoms with Gasteiger partial charge in [-0.3, -0.25) is 0 Å². The van der Waals surface area contributed by atoms with Gasteiger partial charge in [0.1, 0.15) is 11.2 Å². The molecule has 61 heavy (non-hydrogen) atoms. The Labute approximate surface area is 348 Å². The Hall–Kier alpha value is -7.84. The lowest BCUT2D eigenvalue weighted by molar-refractivity contribution is -0.137. The van der Waals surface area contributed by atoms with Gasteiger partial charge in [0.05, 0.1) is 22.3 Å². The molecule has 11 aromatic rings. The molecule has 0 unspecified atom stereocenters. The minimum atomic E-state index is -4.42. The molecule has 0 aliphatic heterocycles. The van der Waals surface area contributed by atoms with E-state index in [0.29, 0.717) is 23.0 Å². The van der Waals surface area contributed by atoms with Crippen molar-refractivity contribution in [3.05, 3.63) is 193 Å². The van der Waals surface area contributed by atoms with Crippen molar-refractivity contribution in [2.45, 2.75) is 13.1 Å². The van der Waals surface area contributed by atoms with Gasteiger partial charge in [-0.15, -0.1) is 0 Å². The van der Waals surface area contributed by atoms with E-state index in [-0.39, 0.29) is 0 Å².